The maximum atomic E-state index is 5.00. The number of rotatable bonds is 3. The minimum Gasteiger partial charge on any atom is -0.225 e. The van der Waals surface area contributed by atoms with Gasteiger partial charge in [-0.3, -0.25) is 0 Å². The predicted molar refractivity (Wildman–Crippen MR) is 162 cm³/mol. The van der Waals surface area contributed by atoms with Crippen molar-refractivity contribution in [1.29, 1.82) is 0 Å². The molecule has 0 fully saturated rings. The summed E-state index contributed by atoms with van der Waals surface area (Å²) in [6.07, 6.45) is 2.96. The second kappa shape index (κ2) is 9.03. The smallest absolute Gasteiger partial charge is 0.200 e. The Morgan fingerprint density at radius 1 is 0.375 bits per heavy atom. The van der Waals surface area contributed by atoms with Crippen LogP contribution < -0.4 is 0 Å². The van der Waals surface area contributed by atoms with Crippen LogP contribution in [0.1, 0.15) is 0 Å². The van der Waals surface area contributed by atoms with E-state index in [1.165, 1.54) is 45.0 Å². The Balaban J connectivity index is 1.42. The minimum absolute atomic E-state index is 0.439. The van der Waals surface area contributed by atoms with Crippen LogP contribution in [0.2, 0.25) is 0 Å². The first-order valence-electron chi connectivity index (χ1n) is 13.2. The summed E-state index contributed by atoms with van der Waals surface area (Å²) in [6.45, 7) is 0. The zero-order valence-corrected chi connectivity index (χ0v) is 21.4. The zero-order chi connectivity index (χ0) is 26.5. The molecule has 6 aromatic carbocycles. The van der Waals surface area contributed by atoms with Gasteiger partial charge in [0.1, 0.15) is 12.7 Å². The second-order valence-electron chi connectivity index (χ2n) is 9.80. The predicted octanol–water partition coefficient (Wildman–Crippen LogP) is 8.28. The van der Waals surface area contributed by atoms with E-state index >= 15 is 0 Å². The maximum absolute atomic E-state index is 5.00. The molecule has 40 heavy (non-hydrogen) atoms. The Labute approximate surface area is 229 Å². The van der Waals surface area contributed by atoms with Gasteiger partial charge in [-0.2, -0.15) is 0 Å². The Morgan fingerprint density at radius 2 is 0.875 bits per heavy atom. The Kier molecular flexibility index (Phi) is 5.07. The second-order valence-corrected chi connectivity index (χ2v) is 9.80. The van der Waals surface area contributed by atoms with Crippen LogP contribution >= 0.6 is 0 Å². The van der Waals surface area contributed by atoms with Crippen LogP contribution in [0, 0.1) is 0 Å². The van der Waals surface area contributed by atoms with E-state index in [-0.39, 0.29) is 0 Å². The van der Waals surface area contributed by atoms with Crippen molar-refractivity contribution in [3.05, 3.63) is 128 Å². The Hall–Kier alpha value is -5.55. The van der Waals surface area contributed by atoms with Crippen molar-refractivity contribution in [2.45, 2.75) is 0 Å². The standard InChI is InChI=1S/C35H21N5/c1-3-9-24-22(7-1)15-17-28-26(24)11-5-13-30(28)32-19-33(40-35(39-32)34-37-20-36-21-38-34)31-14-6-12-27-25-10-4-2-8-23(25)16-18-29(27)31/h1-21H. The van der Waals surface area contributed by atoms with Gasteiger partial charge in [-0.15, -0.1) is 0 Å². The third kappa shape index (κ3) is 3.60. The Morgan fingerprint density at radius 3 is 1.43 bits per heavy atom. The molecule has 0 spiro atoms. The van der Waals surface area contributed by atoms with Gasteiger partial charge in [0.05, 0.1) is 11.4 Å². The van der Waals surface area contributed by atoms with Gasteiger partial charge in [0.25, 0.3) is 0 Å². The van der Waals surface area contributed by atoms with Crippen molar-refractivity contribution < 1.29 is 0 Å². The monoisotopic (exact) mass is 511 g/mol. The fraction of sp³-hybridized carbons (Fsp3) is 0. The van der Waals surface area contributed by atoms with E-state index in [0.717, 1.165) is 33.3 Å². The molecule has 0 saturated heterocycles. The van der Waals surface area contributed by atoms with Gasteiger partial charge in [0.15, 0.2) is 5.82 Å². The lowest BCUT2D eigenvalue weighted by atomic mass is 9.95. The van der Waals surface area contributed by atoms with Crippen molar-refractivity contribution in [3.8, 4) is 34.2 Å². The molecule has 0 radical (unpaired) electrons. The number of fused-ring (bicyclic) bond motifs is 6. The van der Waals surface area contributed by atoms with Crippen LogP contribution in [0.5, 0.6) is 0 Å². The molecule has 0 bridgehead atoms. The third-order valence-electron chi connectivity index (χ3n) is 7.54. The molecule has 0 aliphatic carbocycles. The van der Waals surface area contributed by atoms with Gasteiger partial charge in [-0.25, -0.2) is 24.9 Å². The summed E-state index contributed by atoms with van der Waals surface area (Å²) in [5.74, 6) is 0.903. The Bertz CT molecular complexity index is 2090. The summed E-state index contributed by atoms with van der Waals surface area (Å²) in [6, 6.07) is 40.5. The van der Waals surface area contributed by atoms with Gasteiger partial charge in [0, 0.05) is 11.1 Å². The lowest BCUT2D eigenvalue weighted by Crippen LogP contribution is -2.00. The van der Waals surface area contributed by atoms with E-state index in [2.05, 4.69) is 130 Å². The highest BCUT2D eigenvalue weighted by Crippen LogP contribution is 2.37. The molecule has 8 aromatic rings. The van der Waals surface area contributed by atoms with Crippen LogP contribution in [0.25, 0.3) is 77.3 Å². The quantitative estimate of drug-likeness (QED) is 0.223. The van der Waals surface area contributed by atoms with Gasteiger partial charge in [-0.1, -0.05) is 109 Å². The first-order valence-corrected chi connectivity index (χ1v) is 13.2. The molecule has 0 N–H and O–H groups in total. The van der Waals surface area contributed by atoms with Crippen molar-refractivity contribution in [2.24, 2.45) is 0 Å². The number of hydrogen-bond acceptors (Lipinski definition) is 5. The highest BCUT2D eigenvalue weighted by atomic mass is 15.0. The van der Waals surface area contributed by atoms with E-state index in [0.29, 0.717) is 11.6 Å². The fourth-order valence-electron chi connectivity index (χ4n) is 5.71. The van der Waals surface area contributed by atoms with Crippen LogP contribution in [0.15, 0.2) is 128 Å². The van der Waals surface area contributed by atoms with E-state index in [9.17, 15) is 0 Å². The molecule has 0 atom stereocenters. The van der Waals surface area contributed by atoms with Gasteiger partial charge < -0.3 is 0 Å². The van der Waals surface area contributed by atoms with Crippen molar-refractivity contribution >= 4 is 43.1 Å². The molecule has 0 unspecified atom stereocenters. The first kappa shape index (κ1) is 22.4. The summed E-state index contributed by atoms with van der Waals surface area (Å²) >= 11 is 0. The largest absolute Gasteiger partial charge is 0.225 e. The lowest BCUT2D eigenvalue weighted by molar-refractivity contribution is 1.02. The summed E-state index contributed by atoms with van der Waals surface area (Å²) < 4.78 is 0. The first-order chi connectivity index (χ1) is 19.8. The molecule has 0 aliphatic heterocycles. The SMILES string of the molecule is c1ccc2c(c1)ccc1c(-c3cc(-c4cccc5c4ccc4ccccc45)nc(-c4ncncn4)n3)cccc12. The third-order valence-corrected chi connectivity index (χ3v) is 7.54. The number of nitrogens with zero attached hydrogens (tertiary/aromatic N) is 5. The molecule has 2 heterocycles. The van der Waals surface area contributed by atoms with Crippen molar-refractivity contribution in [2.75, 3.05) is 0 Å². The topological polar surface area (TPSA) is 64.5 Å². The molecule has 0 saturated carbocycles. The van der Waals surface area contributed by atoms with Gasteiger partial charge in [-0.05, 0) is 49.2 Å². The van der Waals surface area contributed by atoms with Crippen LogP contribution in [-0.4, -0.2) is 24.9 Å². The molecular formula is C35H21N5. The van der Waals surface area contributed by atoms with E-state index in [1.54, 1.807) is 0 Å². The number of hydrogen-bond donors (Lipinski definition) is 0. The zero-order valence-electron chi connectivity index (χ0n) is 21.4. The molecule has 2 aromatic heterocycles. The summed E-state index contributed by atoms with van der Waals surface area (Å²) in [4.78, 5) is 22.7. The normalized spacial score (nSPS) is 11.5. The highest BCUT2D eigenvalue weighted by molar-refractivity contribution is 6.13. The summed E-state index contributed by atoms with van der Waals surface area (Å²) in [5.41, 5.74) is 3.71. The van der Waals surface area contributed by atoms with Gasteiger partial charge in [0.2, 0.25) is 5.82 Å². The summed E-state index contributed by atoms with van der Waals surface area (Å²) in [7, 11) is 0. The van der Waals surface area contributed by atoms with E-state index in [4.69, 9.17) is 9.97 Å². The van der Waals surface area contributed by atoms with Crippen LogP contribution in [0.4, 0.5) is 0 Å². The molecular weight excluding hydrogens is 490 g/mol. The van der Waals surface area contributed by atoms with E-state index in [1.807, 2.05) is 0 Å². The van der Waals surface area contributed by atoms with Crippen molar-refractivity contribution in [3.63, 3.8) is 0 Å². The maximum Gasteiger partial charge on any atom is 0.200 e. The van der Waals surface area contributed by atoms with Crippen LogP contribution in [0.3, 0.4) is 0 Å². The average molecular weight is 512 g/mol. The van der Waals surface area contributed by atoms with Gasteiger partial charge >= 0.3 is 0 Å². The summed E-state index contributed by atoms with van der Waals surface area (Å²) in [5, 5.41) is 9.51. The molecule has 8 rings (SSSR count). The molecule has 0 amide bonds. The molecule has 5 nitrogen and oxygen atoms in total. The lowest BCUT2D eigenvalue weighted by Gasteiger charge is -2.13. The minimum atomic E-state index is 0.439. The molecule has 0 aliphatic rings. The average Bonchev–Trinajstić information content (AvgIpc) is 3.04. The fourth-order valence-corrected chi connectivity index (χ4v) is 5.71. The highest BCUT2D eigenvalue weighted by Gasteiger charge is 2.16. The molecule has 5 heteroatoms. The van der Waals surface area contributed by atoms with Crippen LogP contribution in [-0.2, 0) is 0 Å². The van der Waals surface area contributed by atoms with E-state index < -0.39 is 0 Å². The molecule has 186 valence electrons. The van der Waals surface area contributed by atoms with Crippen molar-refractivity contribution in [1.82, 2.24) is 24.9 Å². The number of benzene rings is 6. The number of aromatic nitrogens is 5.